The van der Waals surface area contributed by atoms with Crippen molar-refractivity contribution in [1.29, 1.82) is 0 Å². The highest BCUT2D eigenvalue weighted by Gasteiger charge is 2.45. The Morgan fingerprint density at radius 1 is 0.952 bits per heavy atom. The first-order chi connectivity index (χ1) is 9.77. The molecule has 1 aromatic rings. The fourth-order valence-corrected chi connectivity index (χ4v) is 3.33. The Morgan fingerprint density at radius 3 is 2.19 bits per heavy atom. The fourth-order valence-electron chi connectivity index (χ4n) is 3.33. The van der Waals surface area contributed by atoms with Crippen LogP contribution in [0.25, 0.3) is 0 Å². The zero-order valence-corrected chi connectivity index (χ0v) is 12.8. The number of hydrogen-bond donors (Lipinski definition) is 1. The van der Waals surface area contributed by atoms with Gasteiger partial charge in [-0.15, -0.1) is 0 Å². The van der Waals surface area contributed by atoms with Crippen LogP contribution < -0.4 is 22.2 Å². The van der Waals surface area contributed by atoms with Crippen LogP contribution in [0.1, 0.15) is 32.1 Å². The van der Waals surface area contributed by atoms with Crippen molar-refractivity contribution in [3.05, 3.63) is 30.3 Å². The second kappa shape index (κ2) is 7.05. The third-order valence-corrected chi connectivity index (χ3v) is 4.40. The van der Waals surface area contributed by atoms with Gasteiger partial charge in [-0.3, -0.25) is 9.59 Å². The number of likely N-dealkylation sites (tertiary alicyclic amines) is 1. The minimum Gasteiger partial charge on any atom is -1.00 e. The average molecular weight is 309 g/mol. The molecule has 2 aliphatic heterocycles. The molecule has 0 saturated carbocycles. The Morgan fingerprint density at radius 2 is 1.57 bits per heavy atom. The first-order valence-electron chi connectivity index (χ1n) is 7.54. The molecule has 0 aromatic heterocycles. The van der Waals surface area contributed by atoms with Gasteiger partial charge in [0.05, 0.1) is 25.2 Å². The third kappa shape index (κ3) is 3.27. The number of rotatable bonds is 2. The van der Waals surface area contributed by atoms with Gasteiger partial charge < -0.3 is 17.3 Å². The maximum atomic E-state index is 12.6. The second-order valence-corrected chi connectivity index (χ2v) is 5.73. The van der Waals surface area contributed by atoms with Crippen molar-refractivity contribution in [2.45, 2.75) is 38.1 Å². The van der Waals surface area contributed by atoms with Gasteiger partial charge in [-0.25, -0.2) is 4.90 Å². The molecule has 114 valence electrons. The van der Waals surface area contributed by atoms with Crippen LogP contribution >= 0.6 is 0 Å². The van der Waals surface area contributed by atoms with Crippen LogP contribution in [-0.4, -0.2) is 30.9 Å². The lowest BCUT2D eigenvalue weighted by atomic mass is 10.2. The number of para-hydroxylation sites is 1. The molecule has 4 nitrogen and oxygen atoms in total. The summed E-state index contributed by atoms with van der Waals surface area (Å²) < 4.78 is 0. The lowest BCUT2D eigenvalue weighted by Gasteiger charge is -2.22. The molecule has 1 unspecified atom stereocenters. The van der Waals surface area contributed by atoms with Crippen molar-refractivity contribution in [2.24, 2.45) is 0 Å². The lowest BCUT2D eigenvalue weighted by molar-refractivity contribution is -0.914. The zero-order chi connectivity index (χ0) is 13.9. The predicted molar refractivity (Wildman–Crippen MR) is 76.5 cm³/mol. The molecular weight excluding hydrogens is 288 g/mol. The molecular formula is C16H21ClN2O2. The number of anilines is 1. The van der Waals surface area contributed by atoms with Crippen molar-refractivity contribution in [3.63, 3.8) is 0 Å². The molecule has 0 bridgehead atoms. The Kier molecular flexibility index (Phi) is 5.37. The first-order valence-corrected chi connectivity index (χ1v) is 7.54. The Labute approximate surface area is 131 Å². The predicted octanol–water partition coefficient (Wildman–Crippen LogP) is -2.22. The van der Waals surface area contributed by atoms with Crippen LogP contribution in [-0.2, 0) is 9.59 Å². The molecule has 2 heterocycles. The van der Waals surface area contributed by atoms with E-state index in [0.29, 0.717) is 12.1 Å². The van der Waals surface area contributed by atoms with Gasteiger partial charge in [0, 0.05) is 0 Å². The summed E-state index contributed by atoms with van der Waals surface area (Å²) in [4.78, 5) is 27.5. The molecule has 3 rings (SSSR count). The monoisotopic (exact) mass is 308 g/mol. The second-order valence-electron chi connectivity index (χ2n) is 5.73. The third-order valence-electron chi connectivity index (χ3n) is 4.40. The molecule has 1 atom stereocenters. The largest absolute Gasteiger partial charge is 1.00 e. The van der Waals surface area contributed by atoms with Gasteiger partial charge in [-0.1, -0.05) is 18.2 Å². The number of quaternary nitrogens is 1. The van der Waals surface area contributed by atoms with E-state index < -0.39 is 0 Å². The number of halogens is 1. The van der Waals surface area contributed by atoms with Crippen LogP contribution in [0.3, 0.4) is 0 Å². The van der Waals surface area contributed by atoms with Gasteiger partial charge in [0.1, 0.15) is 0 Å². The number of hydrogen-bond acceptors (Lipinski definition) is 2. The topological polar surface area (TPSA) is 41.8 Å². The number of nitrogens with zero attached hydrogens (tertiary/aromatic N) is 1. The molecule has 2 fully saturated rings. The minimum atomic E-state index is -0.166. The van der Waals surface area contributed by atoms with E-state index in [1.807, 2.05) is 30.3 Å². The summed E-state index contributed by atoms with van der Waals surface area (Å²) in [6.45, 7) is 2.04. The van der Waals surface area contributed by atoms with Crippen molar-refractivity contribution in [1.82, 2.24) is 0 Å². The molecule has 2 amide bonds. The average Bonchev–Trinajstić information content (AvgIpc) is 2.67. The van der Waals surface area contributed by atoms with E-state index in [-0.39, 0.29) is 30.3 Å². The summed E-state index contributed by atoms with van der Waals surface area (Å²) in [6, 6.07) is 9.11. The van der Waals surface area contributed by atoms with Crippen LogP contribution in [0.15, 0.2) is 30.3 Å². The van der Waals surface area contributed by atoms with Gasteiger partial charge in [0.25, 0.3) is 5.91 Å². The van der Waals surface area contributed by atoms with Crippen molar-refractivity contribution in [3.8, 4) is 0 Å². The van der Waals surface area contributed by atoms with Crippen molar-refractivity contribution >= 4 is 17.5 Å². The van der Waals surface area contributed by atoms with Crippen LogP contribution in [0, 0.1) is 0 Å². The number of imide groups is 1. The number of carbonyl (C=O) groups excluding carboxylic acids is 2. The maximum Gasteiger partial charge on any atom is 0.292 e. The molecule has 0 radical (unpaired) electrons. The van der Waals surface area contributed by atoms with Gasteiger partial charge in [0.2, 0.25) is 5.91 Å². The molecule has 2 aliphatic rings. The van der Waals surface area contributed by atoms with Gasteiger partial charge >= 0.3 is 0 Å². The molecule has 1 N–H and O–H groups in total. The van der Waals surface area contributed by atoms with E-state index in [1.165, 1.54) is 35.5 Å². The van der Waals surface area contributed by atoms with Gasteiger partial charge in [-0.05, 0) is 37.8 Å². The lowest BCUT2D eigenvalue weighted by Crippen LogP contribution is -3.16. The highest BCUT2D eigenvalue weighted by molar-refractivity contribution is 6.21. The zero-order valence-electron chi connectivity index (χ0n) is 12.1. The van der Waals surface area contributed by atoms with Crippen molar-refractivity contribution < 1.29 is 26.9 Å². The standard InChI is InChI=1S/C16H20N2O2.ClH/c19-15-12-14(17-10-6-1-2-7-11-17)16(20)18(15)13-8-4-3-5-9-13;/h3-5,8-9,14H,1-2,6-7,10-12H2;1H. The highest BCUT2D eigenvalue weighted by Crippen LogP contribution is 2.21. The summed E-state index contributed by atoms with van der Waals surface area (Å²) in [5.74, 6) is -0.0685. The van der Waals surface area contributed by atoms with E-state index >= 15 is 0 Å². The van der Waals surface area contributed by atoms with Crippen LogP contribution in [0.4, 0.5) is 5.69 Å². The number of benzene rings is 1. The maximum absolute atomic E-state index is 12.6. The highest BCUT2D eigenvalue weighted by atomic mass is 35.5. The molecule has 0 aliphatic carbocycles. The quantitative estimate of drug-likeness (QED) is 0.629. The van der Waals surface area contributed by atoms with Crippen LogP contribution in [0.5, 0.6) is 0 Å². The van der Waals surface area contributed by atoms with Gasteiger partial charge in [-0.2, -0.15) is 0 Å². The number of amides is 2. The first kappa shape index (κ1) is 16.0. The smallest absolute Gasteiger partial charge is 0.292 e. The Bertz CT molecular complexity index is 498. The van der Waals surface area contributed by atoms with E-state index in [4.69, 9.17) is 0 Å². The molecule has 2 saturated heterocycles. The summed E-state index contributed by atoms with van der Waals surface area (Å²) in [5, 5.41) is 0. The van der Waals surface area contributed by atoms with Crippen LogP contribution in [0.2, 0.25) is 0 Å². The summed E-state index contributed by atoms with van der Waals surface area (Å²) in [5.41, 5.74) is 0.708. The van der Waals surface area contributed by atoms with E-state index in [2.05, 4.69) is 0 Å². The SMILES string of the molecule is O=C1CC([NH+]2CCCCCC2)C(=O)N1c1ccccc1.[Cl-]. The van der Waals surface area contributed by atoms with E-state index in [1.54, 1.807) is 0 Å². The molecule has 0 spiro atoms. The number of nitrogens with one attached hydrogen (secondary N) is 1. The number of carbonyl (C=O) groups is 2. The summed E-state index contributed by atoms with van der Waals surface area (Å²) >= 11 is 0. The minimum absolute atomic E-state index is 0. The summed E-state index contributed by atoms with van der Waals surface area (Å²) in [6.07, 6.45) is 5.20. The van der Waals surface area contributed by atoms with Crippen molar-refractivity contribution in [2.75, 3.05) is 18.0 Å². The molecule has 5 heteroatoms. The molecule has 21 heavy (non-hydrogen) atoms. The van der Waals surface area contributed by atoms with E-state index in [0.717, 1.165) is 13.1 Å². The Balaban J connectivity index is 0.00000161. The molecule has 1 aromatic carbocycles. The Hall–Kier alpha value is -1.39. The summed E-state index contributed by atoms with van der Waals surface area (Å²) in [7, 11) is 0. The normalized spacial score (nSPS) is 23.8. The fraction of sp³-hybridized carbons (Fsp3) is 0.500. The van der Waals surface area contributed by atoms with E-state index in [9.17, 15) is 9.59 Å². The van der Waals surface area contributed by atoms with Gasteiger partial charge in [0.15, 0.2) is 6.04 Å².